The van der Waals surface area contributed by atoms with Gasteiger partial charge in [0.25, 0.3) is 0 Å². The Kier molecular flexibility index (Phi) is 9.35. The van der Waals surface area contributed by atoms with E-state index in [0.29, 0.717) is 12.5 Å². The van der Waals surface area contributed by atoms with Crippen molar-refractivity contribution in [2.45, 2.75) is 26.3 Å². The van der Waals surface area contributed by atoms with Crippen LogP contribution >= 0.6 is 0 Å². The van der Waals surface area contributed by atoms with Gasteiger partial charge in [0, 0.05) is 31.8 Å². The molecule has 3 nitrogen and oxygen atoms in total. The molecule has 0 aromatic heterocycles. The Hall–Kier alpha value is 1.45. The molecule has 1 rings (SSSR count). The summed E-state index contributed by atoms with van der Waals surface area (Å²) in [6.07, 6.45) is 0.954. The maximum atomic E-state index is 5.77. The molecule has 0 atom stereocenters. The van der Waals surface area contributed by atoms with E-state index in [9.17, 15) is 0 Å². The van der Waals surface area contributed by atoms with Crippen LogP contribution in [0.2, 0.25) is 6.04 Å². The van der Waals surface area contributed by atoms with Crippen LogP contribution in [0.25, 0.3) is 0 Å². The van der Waals surface area contributed by atoms with E-state index in [2.05, 4.69) is 6.92 Å². The maximum Gasteiger partial charge on any atom is 1.00 e. The molecule has 0 spiro atoms. The minimum absolute atomic E-state index is 0. The zero-order valence-electron chi connectivity index (χ0n) is 9.95. The predicted octanol–water partition coefficient (Wildman–Crippen LogP) is -1.41. The van der Waals surface area contributed by atoms with E-state index in [1.54, 1.807) is 0 Å². The van der Waals surface area contributed by atoms with E-state index in [1.807, 2.05) is 6.92 Å². The Balaban J connectivity index is 0.00000196. The molecule has 0 N–H and O–H groups in total. The van der Waals surface area contributed by atoms with Gasteiger partial charge in [0.05, 0.1) is 0 Å². The summed E-state index contributed by atoms with van der Waals surface area (Å²) in [7, 11) is -2.31. The van der Waals surface area contributed by atoms with E-state index in [4.69, 9.17) is 25.9 Å². The zero-order valence-corrected chi connectivity index (χ0v) is 13.8. The fraction of sp³-hybridized carbons (Fsp3) is 1.00. The Morgan fingerprint density at radius 1 is 1.40 bits per heavy atom. The van der Waals surface area contributed by atoms with Crippen molar-refractivity contribution in [3.8, 4) is 0 Å². The van der Waals surface area contributed by atoms with Crippen LogP contribution < -0.4 is 29.6 Å². The number of hydrogen-bond donors (Lipinski definition) is 0. The van der Waals surface area contributed by atoms with E-state index in [0.717, 1.165) is 31.4 Å². The fourth-order valence-electron chi connectivity index (χ4n) is 1.44. The van der Waals surface area contributed by atoms with Gasteiger partial charge in [0.1, 0.15) is 0 Å². The molecule has 1 aliphatic heterocycles. The predicted molar refractivity (Wildman–Crippen MR) is 60.1 cm³/mol. The molecular weight excluding hydrogens is 239 g/mol. The molecule has 0 amide bonds. The third-order valence-electron chi connectivity index (χ3n) is 2.17. The standard InChI is InChI=1S/C9H20O3SSi.Na/c1-3-10-14(6-4-5-13)11-7-9(2)8-12-14;/h9,13H,3-8H2,1-2H3;/q;+1/p-1. The van der Waals surface area contributed by atoms with Crippen molar-refractivity contribution in [2.75, 3.05) is 25.6 Å². The normalized spacial score (nSPS) is 31.0. The average Bonchev–Trinajstić information content (AvgIpc) is 2.20. The van der Waals surface area contributed by atoms with Gasteiger partial charge < -0.3 is 25.9 Å². The second-order valence-electron chi connectivity index (χ2n) is 3.65. The summed E-state index contributed by atoms with van der Waals surface area (Å²) in [5.41, 5.74) is 0. The molecular formula is C9H19NaO3SSi. The van der Waals surface area contributed by atoms with Gasteiger partial charge in [-0.15, -0.1) is 0 Å². The van der Waals surface area contributed by atoms with Crippen molar-refractivity contribution in [3.63, 3.8) is 0 Å². The Bertz CT molecular complexity index is 160. The van der Waals surface area contributed by atoms with E-state index < -0.39 is 8.80 Å². The Labute approximate surface area is 121 Å². The van der Waals surface area contributed by atoms with Gasteiger partial charge in [-0.1, -0.05) is 13.3 Å². The van der Waals surface area contributed by atoms with Crippen LogP contribution in [0.5, 0.6) is 0 Å². The smallest absolute Gasteiger partial charge is 0.793 e. The average molecular weight is 258 g/mol. The molecule has 1 heterocycles. The van der Waals surface area contributed by atoms with Gasteiger partial charge in [-0.25, -0.2) is 0 Å². The summed E-state index contributed by atoms with van der Waals surface area (Å²) in [5, 5.41) is 0. The third-order valence-corrected chi connectivity index (χ3v) is 5.36. The van der Waals surface area contributed by atoms with E-state index in [-0.39, 0.29) is 29.6 Å². The Morgan fingerprint density at radius 3 is 2.47 bits per heavy atom. The topological polar surface area (TPSA) is 27.7 Å². The summed E-state index contributed by atoms with van der Waals surface area (Å²) < 4.78 is 17.2. The van der Waals surface area contributed by atoms with Crippen LogP contribution in [-0.2, 0) is 25.9 Å². The van der Waals surface area contributed by atoms with Crippen LogP contribution in [0.1, 0.15) is 20.3 Å². The molecule has 0 unspecified atom stereocenters. The number of hydrogen-bond acceptors (Lipinski definition) is 4. The second-order valence-corrected chi connectivity index (χ2v) is 6.79. The zero-order chi connectivity index (χ0) is 10.4. The van der Waals surface area contributed by atoms with Crippen LogP contribution in [0, 0.1) is 5.92 Å². The first-order valence-corrected chi connectivity index (χ1v) is 7.73. The van der Waals surface area contributed by atoms with Crippen LogP contribution in [0.4, 0.5) is 0 Å². The van der Waals surface area contributed by atoms with Gasteiger partial charge in [-0.2, -0.15) is 5.75 Å². The summed E-state index contributed by atoms with van der Waals surface area (Å²) in [6, 6.07) is 0.872. The first-order valence-electron chi connectivity index (χ1n) is 5.22. The van der Waals surface area contributed by atoms with Crippen molar-refractivity contribution in [2.24, 2.45) is 5.92 Å². The summed E-state index contributed by atoms with van der Waals surface area (Å²) in [5.74, 6) is 1.24. The van der Waals surface area contributed by atoms with Crippen molar-refractivity contribution in [1.82, 2.24) is 0 Å². The first kappa shape index (κ1) is 16.4. The van der Waals surface area contributed by atoms with Gasteiger partial charge in [-0.3, -0.25) is 0 Å². The van der Waals surface area contributed by atoms with Crippen LogP contribution in [0.15, 0.2) is 0 Å². The van der Waals surface area contributed by atoms with E-state index in [1.165, 1.54) is 0 Å². The molecule has 84 valence electrons. The van der Waals surface area contributed by atoms with Crippen molar-refractivity contribution in [3.05, 3.63) is 0 Å². The second kappa shape index (κ2) is 8.52. The third kappa shape index (κ3) is 5.54. The minimum atomic E-state index is -2.31. The molecule has 1 fully saturated rings. The van der Waals surface area contributed by atoms with Gasteiger partial charge >= 0.3 is 38.4 Å². The van der Waals surface area contributed by atoms with Crippen LogP contribution in [0.3, 0.4) is 0 Å². The molecule has 0 aromatic carbocycles. The largest absolute Gasteiger partial charge is 1.00 e. The molecule has 6 heteroatoms. The monoisotopic (exact) mass is 258 g/mol. The van der Waals surface area contributed by atoms with Gasteiger partial charge in [-0.05, 0) is 6.92 Å². The summed E-state index contributed by atoms with van der Waals surface area (Å²) >= 11 is 4.93. The van der Waals surface area contributed by atoms with Crippen molar-refractivity contribution < 1.29 is 42.8 Å². The SMILES string of the molecule is CCO[Si]1(CCC[S-])OCC(C)CO1.[Na+]. The Morgan fingerprint density at radius 2 is 2.00 bits per heavy atom. The first-order chi connectivity index (χ1) is 6.72. The van der Waals surface area contributed by atoms with E-state index >= 15 is 0 Å². The minimum Gasteiger partial charge on any atom is -0.793 e. The van der Waals surface area contributed by atoms with Gasteiger partial charge in [0.2, 0.25) is 0 Å². The van der Waals surface area contributed by atoms with Gasteiger partial charge in [0.15, 0.2) is 0 Å². The number of rotatable bonds is 5. The summed E-state index contributed by atoms with van der Waals surface area (Å²) in [4.78, 5) is 0. The van der Waals surface area contributed by atoms with Crippen LogP contribution in [-0.4, -0.2) is 34.4 Å². The molecule has 1 aliphatic rings. The molecule has 0 aromatic rings. The molecule has 0 aliphatic carbocycles. The van der Waals surface area contributed by atoms with Crippen molar-refractivity contribution >= 4 is 21.4 Å². The molecule has 0 radical (unpaired) electrons. The quantitative estimate of drug-likeness (QED) is 0.447. The maximum absolute atomic E-state index is 5.77. The molecule has 0 bridgehead atoms. The molecule has 1 saturated heterocycles. The van der Waals surface area contributed by atoms with Crippen molar-refractivity contribution in [1.29, 1.82) is 0 Å². The summed E-state index contributed by atoms with van der Waals surface area (Å²) in [6.45, 7) is 6.30. The molecule has 15 heavy (non-hydrogen) atoms. The molecule has 0 saturated carbocycles. The fourth-order valence-corrected chi connectivity index (χ4v) is 4.65.